The Morgan fingerprint density at radius 3 is 2.55 bits per heavy atom. The molecule has 0 aliphatic carbocycles. The lowest BCUT2D eigenvalue weighted by molar-refractivity contribution is -0.142. The summed E-state index contributed by atoms with van der Waals surface area (Å²) < 4.78 is 18.6. The average molecular weight is 488 g/mol. The second-order valence-corrected chi connectivity index (χ2v) is 9.11. The highest BCUT2D eigenvalue weighted by Gasteiger charge is 2.17. The van der Waals surface area contributed by atoms with Gasteiger partial charge < -0.3 is 15.4 Å². The van der Waals surface area contributed by atoms with Gasteiger partial charge in [-0.1, -0.05) is 12.1 Å². The number of halogens is 1. The van der Waals surface area contributed by atoms with Crippen LogP contribution in [0.15, 0.2) is 58.8 Å². The van der Waals surface area contributed by atoms with Gasteiger partial charge >= 0.3 is 5.97 Å². The Morgan fingerprint density at radius 2 is 1.85 bits per heavy atom. The predicted molar refractivity (Wildman–Crippen MR) is 127 cm³/mol. The molecule has 0 aliphatic heterocycles. The number of rotatable bonds is 9. The van der Waals surface area contributed by atoms with Crippen molar-refractivity contribution in [3.05, 3.63) is 71.0 Å². The summed E-state index contributed by atoms with van der Waals surface area (Å²) in [7, 11) is 0. The molecule has 1 atom stereocenters. The smallest absolute Gasteiger partial charge is 0.311 e. The number of thioether (sulfide) groups is 1. The largest absolute Gasteiger partial charge is 0.466 e. The molecule has 0 saturated heterocycles. The number of aromatic nitrogens is 1. The topological polar surface area (TPSA) is 97.4 Å². The number of hydrogen-bond acceptors (Lipinski definition) is 7. The Kier molecular flexibility index (Phi) is 8.56. The number of nitrogens with one attached hydrogen (secondary N) is 2. The number of hydrogen-bond donors (Lipinski definition) is 2. The first-order valence-electron chi connectivity index (χ1n) is 10.1. The summed E-state index contributed by atoms with van der Waals surface area (Å²) in [6.07, 6.45) is 0.0598. The van der Waals surface area contributed by atoms with Gasteiger partial charge in [-0.15, -0.1) is 23.1 Å². The summed E-state index contributed by atoms with van der Waals surface area (Å²) >= 11 is 2.58. The van der Waals surface area contributed by atoms with E-state index in [0.717, 1.165) is 4.90 Å². The lowest BCUT2D eigenvalue weighted by atomic mass is 10.2. The normalized spacial score (nSPS) is 11.5. The van der Waals surface area contributed by atoms with Crippen molar-refractivity contribution < 1.29 is 23.5 Å². The van der Waals surface area contributed by atoms with Crippen LogP contribution in [0.4, 0.5) is 15.2 Å². The molecule has 172 valence electrons. The lowest BCUT2D eigenvalue weighted by Gasteiger charge is -2.11. The fourth-order valence-electron chi connectivity index (χ4n) is 2.73. The zero-order valence-electron chi connectivity index (χ0n) is 18.0. The van der Waals surface area contributed by atoms with Crippen molar-refractivity contribution in [2.24, 2.45) is 0 Å². The Balaban J connectivity index is 1.52. The van der Waals surface area contributed by atoms with Crippen LogP contribution in [-0.2, 0) is 20.7 Å². The Morgan fingerprint density at radius 1 is 1.12 bits per heavy atom. The molecule has 3 rings (SSSR count). The first kappa shape index (κ1) is 24.4. The van der Waals surface area contributed by atoms with Crippen LogP contribution >= 0.6 is 23.1 Å². The third-order valence-corrected chi connectivity index (χ3v) is 6.24. The van der Waals surface area contributed by atoms with Crippen molar-refractivity contribution in [2.45, 2.75) is 30.4 Å². The van der Waals surface area contributed by atoms with Gasteiger partial charge in [-0.05, 0) is 50.2 Å². The first-order chi connectivity index (χ1) is 15.9. The van der Waals surface area contributed by atoms with E-state index in [4.69, 9.17) is 4.74 Å². The fraction of sp³-hybridized carbons (Fsp3) is 0.217. The molecule has 0 fully saturated rings. The number of carbonyl (C=O) groups excluding carboxylic acids is 3. The maximum Gasteiger partial charge on any atom is 0.311 e. The molecule has 0 saturated carbocycles. The van der Waals surface area contributed by atoms with Crippen molar-refractivity contribution in [1.82, 2.24) is 4.98 Å². The van der Waals surface area contributed by atoms with Crippen molar-refractivity contribution >= 4 is 51.7 Å². The van der Waals surface area contributed by atoms with E-state index < -0.39 is 17.0 Å². The Hall–Kier alpha value is -3.24. The first-order valence-corrected chi connectivity index (χ1v) is 11.8. The van der Waals surface area contributed by atoms with Crippen LogP contribution in [0.1, 0.15) is 29.9 Å². The molecule has 2 amide bonds. The highest BCUT2D eigenvalue weighted by Crippen LogP contribution is 2.26. The molecule has 3 aromatic rings. The van der Waals surface area contributed by atoms with Crippen molar-refractivity contribution in [1.29, 1.82) is 0 Å². The molecule has 10 heteroatoms. The molecule has 1 unspecified atom stereocenters. The second kappa shape index (κ2) is 11.6. The van der Waals surface area contributed by atoms with Crippen LogP contribution in [-0.4, -0.2) is 34.6 Å². The minimum atomic E-state index is -0.588. The van der Waals surface area contributed by atoms with Crippen molar-refractivity contribution in [2.75, 3.05) is 17.2 Å². The molecule has 0 aliphatic rings. The Labute approximate surface area is 198 Å². The minimum Gasteiger partial charge on any atom is -0.466 e. The predicted octanol–water partition coefficient (Wildman–Crippen LogP) is 4.76. The SMILES string of the molecule is CCOC(=O)Cc1csc(NC(=O)C(C)Sc2ccc(NC(=O)c3ccccc3F)cc2)n1. The van der Waals surface area contributed by atoms with Gasteiger partial charge in [-0.2, -0.15) is 0 Å². The van der Waals surface area contributed by atoms with Crippen LogP contribution in [0.2, 0.25) is 0 Å². The summed E-state index contributed by atoms with van der Waals surface area (Å²) in [5.74, 6) is -1.71. The average Bonchev–Trinajstić information content (AvgIpc) is 3.21. The molecular formula is C23H22FN3O4S2. The van der Waals surface area contributed by atoms with Crippen molar-refractivity contribution in [3.63, 3.8) is 0 Å². The summed E-state index contributed by atoms with van der Waals surface area (Å²) in [6.45, 7) is 3.81. The quantitative estimate of drug-likeness (QED) is 0.334. The van der Waals surface area contributed by atoms with Crippen LogP contribution in [0.5, 0.6) is 0 Å². The van der Waals surface area contributed by atoms with Crippen LogP contribution in [0.25, 0.3) is 0 Å². The van der Waals surface area contributed by atoms with Gasteiger partial charge in [0.2, 0.25) is 5.91 Å². The minimum absolute atomic E-state index is 0.0335. The van der Waals surface area contributed by atoms with Gasteiger partial charge in [0, 0.05) is 16.0 Å². The van der Waals surface area contributed by atoms with Crippen molar-refractivity contribution in [3.8, 4) is 0 Å². The summed E-state index contributed by atoms with van der Waals surface area (Å²) in [5, 5.41) is 7.11. The highest BCUT2D eigenvalue weighted by atomic mass is 32.2. The number of nitrogens with zero attached hydrogens (tertiary/aromatic N) is 1. The number of carbonyl (C=O) groups is 3. The molecule has 33 heavy (non-hydrogen) atoms. The van der Waals surface area contributed by atoms with Gasteiger partial charge in [0.15, 0.2) is 5.13 Å². The molecule has 7 nitrogen and oxygen atoms in total. The van der Waals surface area contributed by atoms with E-state index >= 15 is 0 Å². The lowest BCUT2D eigenvalue weighted by Crippen LogP contribution is -2.22. The third-order valence-electron chi connectivity index (χ3n) is 4.33. The molecule has 1 aromatic heterocycles. The maximum atomic E-state index is 13.7. The van der Waals surface area contributed by atoms with Crippen LogP contribution in [0.3, 0.4) is 0 Å². The van der Waals surface area contributed by atoms with Gasteiger partial charge in [0.05, 0.1) is 29.5 Å². The molecule has 0 radical (unpaired) electrons. The standard InChI is InChI=1S/C23H22FN3O4S2/c1-3-31-20(28)12-16-13-32-23(26-16)27-21(29)14(2)33-17-10-8-15(9-11-17)25-22(30)18-6-4-5-7-19(18)24/h4-11,13-14H,3,12H2,1-2H3,(H,25,30)(H,26,27,29). The summed E-state index contributed by atoms with van der Waals surface area (Å²) in [5.41, 5.74) is 1.03. The van der Waals surface area contributed by atoms with E-state index in [0.29, 0.717) is 23.1 Å². The number of esters is 1. The molecule has 0 bridgehead atoms. The van der Waals surface area contributed by atoms with Gasteiger partial charge in [-0.3, -0.25) is 14.4 Å². The van der Waals surface area contributed by atoms with Gasteiger partial charge in [-0.25, -0.2) is 9.37 Å². The van der Waals surface area contributed by atoms with E-state index in [2.05, 4.69) is 15.6 Å². The number of ether oxygens (including phenoxy) is 1. The fourth-order valence-corrected chi connectivity index (χ4v) is 4.31. The zero-order valence-corrected chi connectivity index (χ0v) is 19.6. The van der Waals surface area contributed by atoms with E-state index in [1.165, 1.54) is 41.3 Å². The second-order valence-electron chi connectivity index (χ2n) is 6.83. The molecule has 2 aromatic carbocycles. The van der Waals surface area contributed by atoms with Gasteiger partial charge in [0.25, 0.3) is 5.91 Å². The molecule has 2 N–H and O–H groups in total. The monoisotopic (exact) mass is 487 g/mol. The Bertz CT molecular complexity index is 1130. The maximum absolute atomic E-state index is 13.7. The molecule has 0 spiro atoms. The molecular weight excluding hydrogens is 465 g/mol. The summed E-state index contributed by atoms with van der Waals surface area (Å²) in [6, 6.07) is 12.7. The number of anilines is 2. The number of amides is 2. The number of thiazole rings is 1. The van der Waals surface area contributed by atoms with E-state index in [1.807, 2.05) is 0 Å². The van der Waals surface area contributed by atoms with E-state index in [1.54, 1.807) is 49.6 Å². The summed E-state index contributed by atoms with van der Waals surface area (Å²) in [4.78, 5) is 41.3. The molecule has 1 heterocycles. The number of benzene rings is 2. The van der Waals surface area contributed by atoms with Crippen LogP contribution < -0.4 is 10.6 Å². The van der Waals surface area contributed by atoms with Crippen LogP contribution in [0, 0.1) is 5.82 Å². The zero-order chi connectivity index (χ0) is 23.8. The van der Waals surface area contributed by atoms with E-state index in [9.17, 15) is 18.8 Å². The highest BCUT2D eigenvalue weighted by molar-refractivity contribution is 8.00. The van der Waals surface area contributed by atoms with Gasteiger partial charge in [0.1, 0.15) is 5.82 Å². The third kappa shape index (κ3) is 7.13. The van der Waals surface area contributed by atoms with E-state index in [-0.39, 0.29) is 23.9 Å².